The van der Waals surface area contributed by atoms with E-state index in [1.54, 1.807) is 12.1 Å². The second kappa shape index (κ2) is 5.10. The monoisotopic (exact) mass is 200 g/mol. The molecule has 0 saturated carbocycles. The van der Waals surface area contributed by atoms with Crippen molar-refractivity contribution >= 4 is 11.6 Å². The van der Waals surface area contributed by atoms with Crippen LogP contribution in [-0.4, -0.2) is 23.7 Å². The summed E-state index contributed by atoms with van der Waals surface area (Å²) in [6.07, 6.45) is 0.400. The number of epoxide rings is 1. The highest BCUT2D eigenvalue weighted by Gasteiger charge is 2.19. The molecule has 3 heteroatoms. The molecule has 0 aromatic heterocycles. The highest BCUT2D eigenvalue weighted by atomic mass is 35.5. The van der Waals surface area contributed by atoms with Crippen LogP contribution in [0.25, 0.3) is 0 Å². The Hall–Kier alpha value is -0.730. The summed E-state index contributed by atoms with van der Waals surface area (Å²) >= 11 is 5.27. The first-order chi connectivity index (χ1) is 6.22. The van der Waals surface area contributed by atoms with E-state index in [9.17, 15) is 0 Å². The van der Waals surface area contributed by atoms with Crippen molar-refractivity contribution in [3.63, 3.8) is 0 Å². The summed E-state index contributed by atoms with van der Waals surface area (Å²) in [5, 5.41) is 8.76. The fourth-order valence-electron chi connectivity index (χ4n) is 0.702. The molecule has 0 amide bonds. The third-order valence-corrected chi connectivity index (χ3v) is 1.95. The molecular weight excluding hydrogens is 188 g/mol. The Balaban J connectivity index is 0.000000145. The van der Waals surface area contributed by atoms with E-state index in [-0.39, 0.29) is 0 Å². The van der Waals surface area contributed by atoms with E-state index in [1.165, 1.54) is 5.56 Å². The molecule has 0 bridgehead atoms. The maximum atomic E-state index is 8.76. The van der Waals surface area contributed by atoms with Crippen molar-refractivity contribution in [1.29, 1.82) is 0 Å². The molecule has 1 saturated heterocycles. The molecule has 1 aliphatic rings. The van der Waals surface area contributed by atoms with Crippen LogP contribution >= 0.6 is 11.6 Å². The topological polar surface area (TPSA) is 32.8 Å². The zero-order valence-corrected chi connectivity index (χ0v) is 8.29. The van der Waals surface area contributed by atoms with Crippen molar-refractivity contribution in [2.24, 2.45) is 0 Å². The number of phenols is 1. The average Bonchev–Trinajstić information content (AvgIpc) is 2.94. The number of ether oxygens (including phenoxy) is 1. The minimum atomic E-state index is 0.329. The maximum absolute atomic E-state index is 8.76. The first-order valence-electron chi connectivity index (χ1n) is 4.15. The summed E-state index contributed by atoms with van der Waals surface area (Å²) in [6, 6.07) is 7.09. The predicted molar refractivity (Wildman–Crippen MR) is 53.3 cm³/mol. The van der Waals surface area contributed by atoms with E-state index < -0.39 is 0 Å². The smallest absolute Gasteiger partial charge is 0.115 e. The third-order valence-electron chi connectivity index (χ3n) is 1.61. The Morgan fingerprint density at radius 2 is 2.00 bits per heavy atom. The normalized spacial score (nSPS) is 18.8. The SMILES string of the molecule is Cc1ccc(O)cc1.ClCC1CO1. The number of phenolic OH excluding ortho intramolecular Hbond substituents is 1. The lowest BCUT2D eigenvalue weighted by Crippen LogP contribution is -1.80. The van der Waals surface area contributed by atoms with Gasteiger partial charge in [0.1, 0.15) is 5.75 Å². The lowest BCUT2D eigenvalue weighted by Gasteiger charge is -1.89. The number of hydrogen-bond acceptors (Lipinski definition) is 2. The molecule has 1 aliphatic heterocycles. The number of alkyl halides is 1. The van der Waals surface area contributed by atoms with Crippen LogP contribution in [0.3, 0.4) is 0 Å². The Bertz CT molecular complexity index is 221. The fraction of sp³-hybridized carbons (Fsp3) is 0.400. The molecule has 1 N–H and O–H groups in total. The highest BCUT2D eigenvalue weighted by Crippen LogP contribution is 2.08. The highest BCUT2D eigenvalue weighted by molar-refractivity contribution is 6.18. The lowest BCUT2D eigenvalue weighted by atomic mass is 10.2. The van der Waals surface area contributed by atoms with E-state index in [0.29, 0.717) is 17.7 Å². The summed E-state index contributed by atoms with van der Waals surface area (Å²) in [5.74, 6) is 0.996. The molecule has 2 nitrogen and oxygen atoms in total. The summed E-state index contributed by atoms with van der Waals surface area (Å²) in [7, 11) is 0. The average molecular weight is 201 g/mol. The van der Waals surface area contributed by atoms with Crippen LogP contribution in [0.1, 0.15) is 5.56 Å². The summed E-state index contributed by atoms with van der Waals surface area (Å²) in [4.78, 5) is 0. The van der Waals surface area contributed by atoms with Crippen LogP contribution < -0.4 is 0 Å². The minimum Gasteiger partial charge on any atom is -0.508 e. The summed E-state index contributed by atoms with van der Waals surface area (Å²) in [6.45, 7) is 2.86. The van der Waals surface area contributed by atoms with Gasteiger partial charge >= 0.3 is 0 Å². The second-order valence-corrected chi connectivity index (χ2v) is 3.25. The molecule has 0 radical (unpaired) electrons. The van der Waals surface area contributed by atoms with Crippen molar-refractivity contribution in [3.8, 4) is 5.75 Å². The molecule has 13 heavy (non-hydrogen) atoms. The van der Waals surface area contributed by atoms with Gasteiger partial charge in [0, 0.05) is 0 Å². The molecule has 1 fully saturated rings. The van der Waals surface area contributed by atoms with Crippen molar-refractivity contribution < 1.29 is 9.84 Å². The molecule has 72 valence electrons. The van der Waals surface area contributed by atoms with Crippen molar-refractivity contribution in [2.75, 3.05) is 12.5 Å². The first kappa shape index (κ1) is 10.4. The van der Waals surface area contributed by atoms with E-state index in [1.807, 2.05) is 19.1 Å². The maximum Gasteiger partial charge on any atom is 0.115 e. The Morgan fingerprint density at radius 3 is 2.23 bits per heavy atom. The van der Waals surface area contributed by atoms with Crippen LogP contribution in [0, 0.1) is 6.92 Å². The van der Waals surface area contributed by atoms with Gasteiger partial charge in [0.15, 0.2) is 0 Å². The molecular formula is C10H13ClO2. The van der Waals surface area contributed by atoms with Gasteiger partial charge in [-0.3, -0.25) is 0 Å². The van der Waals surface area contributed by atoms with Crippen LogP contribution in [0.15, 0.2) is 24.3 Å². The largest absolute Gasteiger partial charge is 0.508 e. The Labute approximate surface area is 83.1 Å². The fourth-order valence-corrected chi connectivity index (χ4v) is 0.880. The van der Waals surface area contributed by atoms with Crippen LogP contribution in [0.2, 0.25) is 0 Å². The van der Waals surface area contributed by atoms with Gasteiger partial charge in [-0.25, -0.2) is 0 Å². The van der Waals surface area contributed by atoms with Gasteiger partial charge in [-0.15, -0.1) is 11.6 Å². The zero-order chi connectivity index (χ0) is 9.68. The van der Waals surface area contributed by atoms with E-state index in [2.05, 4.69) is 0 Å². The number of halogens is 1. The number of hydrogen-bond donors (Lipinski definition) is 1. The molecule has 0 spiro atoms. The van der Waals surface area contributed by atoms with E-state index in [4.69, 9.17) is 21.4 Å². The molecule has 1 unspecified atom stereocenters. The molecule has 0 aliphatic carbocycles. The number of rotatable bonds is 1. The van der Waals surface area contributed by atoms with Gasteiger partial charge in [-0.1, -0.05) is 17.7 Å². The predicted octanol–water partition coefficient (Wildman–Crippen LogP) is 2.32. The van der Waals surface area contributed by atoms with Crippen molar-refractivity contribution in [2.45, 2.75) is 13.0 Å². The van der Waals surface area contributed by atoms with Gasteiger partial charge in [0.05, 0.1) is 18.6 Å². The molecule has 1 aromatic carbocycles. The van der Waals surface area contributed by atoms with Crippen LogP contribution in [0.5, 0.6) is 5.75 Å². The number of aryl methyl sites for hydroxylation is 1. The van der Waals surface area contributed by atoms with E-state index in [0.717, 1.165) is 6.61 Å². The Morgan fingerprint density at radius 1 is 1.46 bits per heavy atom. The minimum absolute atomic E-state index is 0.329. The van der Waals surface area contributed by atoms with Crippen LogP contribution in [0.4, 0.5) is 0 Å². The lowest BCUT2D eigenvalue weighted by molar-refractivity contribution is 0.425. The summed E-state index contributed by atoms with van der Waals surface area (Å²) in [5.41, 5.74) is 1.17. The molecule has 1 aromatic rings. The molecule has 2 rings (SSSR count). The van der Waals surface area contributed by atoms with Gasteiger partial charge in [0.2, 0.25) is 0 Å². The van der Waals surface area contributed by atoms with Crippen molar-refractivity contribution in [3.05, 3.63) is 29.8 Å². The van der Waals surface area contributed by atoms with Crippen LogP contribution in [-0.2, 0) is 4.74 Å². The van der Waals surface area contributed by atoms with E-state index >= 15 is 0 Å². The van der Waals surface area contributed by atoms with Gasteiger partial charge in [-0.2, -0.15) is 0 Å². The number of benzene rings is 1. The molecule has 1 heterocycles. The van der Waals surface area contributed by atoms with Gasteiger partial charge in [0.25, 0.3) is 0 Å². The van der Waals surface area contributed by atoms with Gasteiger partial charge < -0.3 is 9.84 Å². The standard InChI is InChI=1S/C7H8O.C3H5ClO/c1-6-2-4-7(8)5-3-6;4-1-3-2-5-3/h2-5,8H,1H3;3H,1-2H2. The third kappa shape index (κ3) is 4.76. The zero-order valence-electron chi connectivity index (χ0n) is 7.53. The van der Waals surface area contributed by atoms with Crippen molar-refractivity contribution in [1.82, 2.24) is 0 Å². The Kier molecular flexibility index (Phi) is 4.06. The number of aromatic hydroxyl groups is 1. The van der Waals surface area contributed by atoms with Gasteiger partial charge in [-0.05, 0) is 19.1 Å². The second-order valence-electron chi connectivity index (χ2n) is 2.95. The molecule has 1 atom stereocenters. The summed E-state index contributed by atoms with van der Waals surface area (Å²) < 4.78 is 4.73. The first-order valence-corrected chi connectivity index (χ1v) is 4.69. The quantitative estimate of drug-likeness (QED) is 0.558.